The van der Waals surface area contributed by atoms with Gasteiger partial charge in [0.25, 0.3) is 5.91 Å². The number of carbonyl (C=O) groups is 1. The summed E-state index contributed by atoms with van der Waals surface area (Å²) in [5.41, 5.74) is 17.7. The first-order valence-corrected chi connectivity index (χ1v) is 12.2. The molecule has 6 rings (SSSR count). The number of nitrogens with zero attached hydrogens (tertiary/aromatic N) is 6. The second-order valence-corrected chi connectivity index (χ2v) is 8.41. The zero-order valence-corrected chi connectivity index (χ0v) is 21.1. The maximum Gasteiger partial charge on any atom is 0.256 e. The third kappa shape index (κ3) is 5.40. The van der Waals surface area contributed by atoms with Gasteiger partial charge in [-0.1, -0.05) is 55.2 Å². The Balaban J connectivity index is 0.000000198. The average Bonchev–Trinajstić information content (AvgIpc) is 3.32. The number of amides is 1. The van der Waals surface area contributed by atoms with Gasteiger partial charge in [-0.15, -0.1) is 5.10 Å². The Kier molecular flexibility index (Phi) is 7.19. The van der Waals surface area contributed by atoms with E-state index < -0.39 is 5.91 Å². The molecule has 4 heterocycles. The van der Waals surface area contributed by atoms with Crippen LogP contribution in [0.15, 0.2) is 91.5 Å². The van der Waals surface area contributed by atoms with Crippen LogP contribution >= 0.6 is 0 Å². The van der Waals surface area contributed by atoms with Crippen molar-refractivity contribution in [1.82, 2.24) is 29.5 Å². The van der Waals surface area contributed by atoms with Gasteiger partial charge in [-0.3, -0.25) is 9.78 Å². The van der Waals surface area contributed by atoms with Crippen LogP contribution in [0.1, 0.15) is 34.1 Å². The summed E-state index contributed by atoms with van der Waals surface area (Å²) in [4.78, 5) is 28.7. The van der Waals surface area contributed by atoms with Crippen LogP contribution in [-0.4, -0.2) is 35.5 Å². The number of rotatable bonds is 3. The molecule has 0 atom stereocenters. The van der Waals surface area contributed by atoms with Gasteiger partial charge in [0.1, 0.15) is 11.1 Å². The van der Waals surface area contributed by atoms with Crippen LogP contribution in [0.2, 0.25) is 0 Å². The van der Waals surface area contributed by atoms with Crippen molar-refractivity contribution < 1.29 is 4.79 Å². The normalized spacial score (nSPS) is 10.4. The summed E-state index contributed by atoms with van der Waals surface area (Å²) in [5, 5.41) is 3.87. The van der Waals surface area contributed by atoms with Crippen molar-refractivity contribution in [2.75, 3.05) is 5.73 Å². The Morgan fingerprint density at radius 2 is 1.72 bits per heavy atom. The van der Waals surface area contributed by atoms with Crippen molar-refractivity contribution >= 4 is 28.4 Å². The summed E-state index contributed by atoms with van der Waals surface area (Å²) in [5.74, 6) is 5.91. The number of aromatic nitrogens is 6. The highest BCUT2D eigenvalue weighted by molar-refractivity contribution is 6.03. The van der Waals surface area contributed by atoms with E-state index in [0.717, 1.165) is 45.5 Å². The second-order valence-electron chi connectivity index (χ2n) is 8.41. The highest BCUT2D eigenvalue weighted by atomic mass is 16.1. The molecule has 0 spiro atoms. The number of hydrogen-bond donors (Lipinski definition) is 2. The number of carbonyl (C=O) groups excluding carboxylic acids is 1. The minimum atomic E-state index is -0.619. The second kappa shape index (κ2) is 11.2. The molecule has 6 aromatic rings. The number of pyridine rings is 1. The molecule has 0 bridgehead atoms. The SMILES string of the molecule is CCc1nc2cccc(C#Cc3ccncc3)c2nc1-c1ccccc1.NC(=O)c1c(N)nn2cccnc12. The van der Waals surface area contributed by atoms with Crippen LogP contribution < -0.4 is 11.5 Å². The summed E-state index contributed by atoms with van der Waals surface area (Å²) in [7, 11) is 0. The quantitative estimate of drug-likeness (QED) is 0.341. The monoisotopic (exact) mass is 512 g/mol. The molecule has 0 fully saturated rings. The van der Waals surface area contributed by atoms with Crippen molar-refractivity contribution in [2.45, 2.75) is 13.3 Å². The number of benzene rings is 2. The molecule has 190 valence electrons. The molecule has 1 amide bonds. The molecular formula is C30H24N8O. The number of aryl methyl sites for hydroxylation is 1. The Hall–Kier alpha value is -5.62. The molecule has 0 aliphatic carbocycles. The van der Waals surface area contributed by atoms with Crippen LogP contribution in [0.25, 0.3) is 27.9 Å². The molecular weight excluding hydrogens is 488 g/mol. The van der Waals surface area contributed by atoms with Gasteiger partial charge in [-0.05, 0) is 36.8 Å². The molecule has 4 N–H and O–H groups in total. The lowest BCUT2D eigenvalue weighted by molar-refractivity contribution is 0.100. The highest BCUT2D eigenvalue weighted by Gasteiger charge is 2.15. The highest BCUT2D eigenvalue weighted by Crippen LogP contribution is 2.25. The summed E-state index contributed by atoms with van der Waals surface area (Å²) in [6.45, 7) is 2.11. The largest absolute Gasteiger partial charge is 0.381 e. The lowest BCUT2D eigenvalue weighted by Crippen LogP contribution is -2.12. The molecule has 9 nitrogen and oxygen atoms in total. The minimum Gasteiger partial charge on any atom is -0.381 e. The third-order valence-electron chi connectivity index (χ3n) is 5.84. The molecule has 0 unspecified atom stereocenters. The van der Waals surface area contributed by atoms with Crippen LogP contribution in [0, 0.1) is 11.8 Å². The molecule has 0 aliphatic rings. The van der Waals surface area contributed by atoms with E-state index in [9.17, 15) is 4.79 Å². The predicted molar refractivity (Wildman–Crippen MR) is 150 cm³/mol. The summed E-state index contributed by atoms with van der Waals surface area (Å²) in [6.07, 6.45) is 7.51. The zero-order chi connectivity index (χ0) is 27.2. The molecule has 0 saturated heterocycles. The van der Waals surface area contributed by atoms with Crippen molar-refractivity contribution in [2.24, 2.45) is 5.73 Å². The fourth-order valence-corrected chi connectivity index (χ4v) is 4.00. The summed E-state index contributed by atoms with van der Waals surface area (Å²) < 4.78 is 1.41. The molecule has 39 heavy (non-hydrogen) atoms. The van der Waals surface area contributed by atoms with E-state index in [0.29, 0.717) is 5.65 Å². The van der Waals surface area contributed by atoms with Gasteiger partial charge in [0.15, 0.2) is 11.5 Å². The molecule has 0 radical (unpaired) electrons. The number of anilines is 1. The van der Waals surface area contributed by atoms with Gasteiger partial charge in [-0.2, -0.15) is 0 Å². The summed E-state index contributed by atoms with van der Waals surface area (Å²) >= 11 is 0. The number of primary amides is 1. The number of para-hydroxylation sites is 1. The number of nitrogen functional groups attached to an aromatic ring is 1. The lowest BCUT2D eigenvalue weighted by Gasteiger charge is -2.09. The fourth-order valence-electron chi connectivity index (χ4n) is 4.00. The molecule has 0 saturated carbocycles. The topological polar surface area (TPSA) is 138 Å². The van der Waals surface area contributed by atoms with E-state index in [1.807, 2.05) is 48.5 Å². The van der Waals surface area contributed by atoms with Gasteiger partial charge in [0.2, 0.25) is 0 Å². The first-order valence-electron chi connectivity index (χ1n) is 12.2. The van der Waals surface area contributed by atoms with Gasteiger partial charge in [0, 0.05) is 35.9 Å². The predicted octanol–water partition coefficient (Wildman–Crippen LogP) is 4.06. The van der Waals surface area contributed by atoms with Gasteiger partial charge in [0.05, 0.1) is 22.5 Å². The van der Waals surface area contributed by atoms with E-state index in [1.165, 1.54) is 4.52 Å². The van der Waals surface area contributed by atoms with Gasteiger partial charge < -0.3 is 11.5 Å². The third-order valence-corrected chi connectivity index (χ3v) is 5.84. The Morgan fingerprint density at radius 1 is 0.923 bits per heavy atom. The molecule has 0 aliphatic heterocycles. The van der Waals surface area contributed by atoms with Crippen LogP contribution in [0.5, 0.6) is 0 Å². The van der Waals surface area contributed by atoms with Crippen molar-refractivity contribution in [1.29, 1.82) is 0 Å². The van der Waals surface area contributed by atoms with Crippen molar-refractivity contribution in [3.8, 4) is 23.1 Å². The Morgan fingerprint density at radius 3 is 2.46 bits per heavy atom. The van der Waals surface area contributed by atoms with E-state index in [1.54, 1.807) is 30.9 Å². The Bertz CT molecular complexity index is 1840. The van der Waals surface area contributed by atoms with Crippen molar-refractivity contribution in [3.05, 3.63) is 114 Å². The number of hydrogen-bond acceptors (Lipinski definition) is 7. The summed E-state index contributed by atoms with van der Waals surface area (Å²) in [6, 6.07) is 21.6. The number of nitrogens with two attached hydrogens (primary N) is 2. The van der Waals surface area contributed by atoms with Crippen LogP contribution in [-0.2, 0) is 6.42 Å². The van der Waals surface area contributed by atoms with Crippen molar-refractivity contribution in [3.63, 3.8) is 0 Å². The van der Waals surface area contributed by atoms with E-state index in [4.69, 9.17) is 21.4 Å². The van der Waals surface area contributed by atoms with E-state index in [2.05, 4.69) is 46.0 Å². The maximum atomic E-state index is 10.9. The molecule has 2 aromatic carbocycles. The van der Waals surface area contributed by atoms with Crippen LogP contribution in [0.3, 0.4) is 0 Å². The van der Waals surface area contributed by atoms with E-state index >= 15 is 0 Å². The fraction of sp³-hybridized carbons (Fsp3) is 0.0667. The first kappa shape index (κ1) is 25.0. The van der Waals surface area contributed by atoms with Gasteiger partial charge >= 0.3 is 0 Å². The molecule has 9 heteroatoms. The van der Waals surface area contributed by atoms with Gasteiger partial charge in [-0.25, -0.2) is 19.5 Å². The average molecular weight is 513 g/mol. The standard InChI is InChI=1S/C23H17N3.C7H7N5O/c1-2-20-22(18-7-4-3-5-8-18)26-23-19(9-6-10-21(23)25-20)12-11-17-13-15-24-16-14-17;8-5-4(6(9)13)7-10-2-1-3-12(7)11-5/h3-10,13-16H,2H2,1H3;1-3H,(H2,8,11)(H2,9,13). The maximum absolute atomic E-state index is 10.9. The lowest BCUT2D eigenvalue weighted by atomic mass is 10.1. The molecule has 4 aromatic heterocycles. The zero-order valence-electron chi connectivity index (χ0n) is 21.1. The van der Waals surface area contributed by atoms with Crippen LogP contribution in [0.4, 0.5) is 5.82 Å². The van der Waals surface area contributed by atoms with E-state index in [-0.39, 0.29) is 11.4 Å². The number of fused-ring (bicyclic) bond motifs is 2. The Labute approximate surface area is 224 Å². The first-order chi connectivity index (χ1) is 19.0. The smallest absolute Gasteiger partial charge is 0.256 e. The minimum absolute atomic E-state index is 0.103.